The van der Waals surface area contributed by atoms with Gasteiger partial charge in [0.15, 0.2) is 0 Å². The van der Waals surface area contributed by atoms with Gasteiger partial charge >= 0.3 is 5.97 Å². The highest BCUT2D eigenvalue weighted by Crippen LogP contribution is 2.17. The van der Waals surface area contributed by atoms with Crippen molar-refractivity contribution < 1.29 is 9.53 Å². The van der Waals surface area contributed by atoms with Gasteiger partial charge in [-0.15, -0.1) is 12.4 Å². The number of allylic oxidation sites excluding steroid dienone is 1. The van der Waals surface area contributed by atoms with Crippen LogP contribution in [0.15, 0.2) is 11.6 Å². The second-order valence-electron chi connectivity index (χ2n) is 2.11. The van der Waals surface area contributed by atoms with Gasteiger partial charge in [-0.1, -0.05) is 6.08 Å². The zero-order valence-corrected chi connectivity index (χ0v) is 6.74. The average Bonchev–Trinajstić information content (AvgIpc) is 2.37. The van der Waals surface area contributed by atoms with Gasteiger partial charge in [-0.2, -0.15) is 0 Å². The molecule has 0 heterocycles. The van der Waals surface area contributed by atoms with Gasteiger partial charge in [0, 0.05) is 5.57 Å². The van der Waals surface area contributed by atoms with Crippen LogP contribution in [0.3, 0.4) is 0 Å². The molecule has 0 atom stereocenters. The molecule has 1 rings (SSSR count). The highest BCUT2D eigenvalue weighted by Gasteiger charge is 2.12. The monoisotopic (exact) mass is 162 g/mol. The smallest absolute Gasteiger partial charge is 0.333 e. The molecule has 0 N–H and O–H groups in total. The second kappa shape index (κ2) is 4.34. The molecular formula is C7H11ClO2. The number of hydrogen-bond acceptors (Lipinski definition) is 2. The van der Waals surface area contributed by atoms with E-state index in [-0.39, 0.29) is 18.4 Å². The number of ether oxygens (including phenoxy) is 1. The van der Waals surface area contributed by atoms with Gasteiger partial charge in [0.05, 0.1) is 7.11 Å². The lowest BCUT2D eigenvalue weighted by Crippen LogP contribution is -2.01. The van der Waals surface area contributed by atoms with Crippen molar-refractivity contribution >= 4 is 18.4 Å². The topological polar surface area (TPSA) is 26.3 Å². The largest absolute Gasteiger partial charge is 0.466 e. The van der Waals surface area contributed by atoms with Crippen molar-refractivity contribution in [3.63, 3.8) is 0 Å². The summed E-state index contributed by atoms with van der Waals surface area (Å²) < 4.78 is 4.53. The predicted molar refractivity (Wildman–Crippen MR) is 41.2 cm³/mol. The average molecular weight is 163 g/mol. The summed E-state index contributed by atoms with van der Waals surface area (Å²) in [5.74, 6) is -0.160. The van der Waals surface area contributed by atoms with Crippen molar-refractivity contribution in [1.82, 2.24) is 0 Å². The van der Waals surface area contributed by atoms with Gasteiger partial charge in [0.1, 0.15) is 0 Å². The molecule has 0 spiro atoms. The van der Waals surface area contributed by atoms with E-state index in [2.05, 4.69) is 4.74 Å². The molecule has 0 aliphatic heterocycles. The van der Waals surface area contributed by atoms with Crippen LogP contribution < -0.4 is 0 Å². The third kappa shape index (κ3) is 2.03. The predicted octanol–water partition coefficient (Wildman–Crippen LogP) is 1.69. The first-order valence-electron chi connectivity index (χ1n) is 3.12. The summed E-state index contributed by atoms with van der Waals surface area (Å²) >= 11 is 0. The summed E-state index contributed by atoms with van der Waals surface area (Å²) in [5.41, 5.74) is 0.845. The Kier molecular flexibility index (Phi) is 4.12. The lowest BCUT2D eigenvalue weighted by molar-refractivity contribution is -0.136. The molecule has 0 aromatic heterocycles. The van der Waals surface area contributed by atoms with Gasteiger partial charge in [-0.3, -0.25) is 0 Å². The van der Waals surface area contributed by atoms with Gasteiger partial charge in [0.25, 0.3) is 0 Å². The minimum Gasteiger partial charge on any atom is -0.466 e. The third-order valence-corrected chi connectivity index (χ3v) is 1.49. The maximum absolute atomic E-state index is 10.7. The van der Waals surface area contributed by atoms with E-state index in [4.69, 9.17) is 0 Å². The molecule has 0 radical (unpaired) electrons. The van der Waals surface area contributed by atoms with E-state index in [1.54, 1.807) is 0 Å². The molecule has 0 aromatic rings. The molecule has 58 valence electrons. The quantitative estimate of drug-likeness (QED) is 0.549. The number of methoxy groups -OCH3 is 1. The molecule has 0 saturated carbocycles. The maximum Gasteiger partial charge on any atom is 0.333 e. The second-order valence-corrected chi connectivity index (χ2v) is 2.11. The van der Waals surface area contributed by atoms with E-state index >= 15 is 0 Å². The lowest BCUT2D eigenvalue weighted by atomic mass is 10.2. The summed E-state index contributed by atoms with van der Waals surface area (Å²) in [6, 6.07) is 0. The molecule has 10 heavy (non-hydrogen) atoms. The molecule has 1 aliphatic rings. The number of carbonyl (C=O) groups excluding carboxylic acids is 1. The first-order chi connectivity index (χ1) is 4.34. The SMILES string of the molecule is COC(=O)C1=CCCC1.Cl. The summed E-state index contributed by atoms with van der Waals surface area (Å²) in [5, 5.41) is 0. The number of hydrogen-bond donors (Lipinski definition) is 0. The maximum atomic E-state index is 10.7. The van der Waals surface area contributed by atoms with Gasteiger partial charge in [0.2, 0.25) is 0 Å². The van der Waals surface area contributed by atoms with Crippen LogP contribution in [-0.4, -0.2) is 13.1 Å². The number of halogens is 1. The normalized spacial score (nSPS) is 15.5. The van der Waals surface area contributed by atoms with Crippen LogP contribution in [0.2, 0.25) is 0 Å². The Morgan fingerprint density at radius 2 is 2.40 bits per heavy atom. The Morgan fingerprint density at radius 1 is 1.70 bits per heavy atom. The molecule has 0 amide bonds. The van der Waals surface area contributed by atoms with Crippen LogP contribution in [0.5, 0.6) is 0 Å². The first kappa shape index (κ1) is 9.50. The minimum atomic E-state index is -0.160. The highest BCUT2D eigenvalue weighted by molar-refractivity contribution is 5.88. The van der Waals surface area contributed by atoms with E-state index in [9.17, 15) is 4.79 Å². The minimum absolute atomic E-state index is 0. The van der Waals surface area contributed by atoms with Gasteiger partial charge in [-0.05, 0) is 19.3 Å². The van der Waals surface area contributed by atoms with Crippen LogP contribution in [0, 0.1) is 0 Å². The van der Waals surface area contributed by atoms with E-state index in [0.717, 1.165) is 24.8 Å². The zero-order valence-electron chi connectivity index (χ0n) is 5.92. The number of rotatable bonds is 1. The standard InChI is InChI=1S/C7H10O2.ClH/c1-9-7(8)6-4-2-3-5-6;/h4H,2-3,5H2,1H3;1H. The van der Waals surface area contributed by atoms with Gasteiger partial charge in [-0.25, -0.2) is 4.79 Å². The fraction of sp³-hybridized carbons (Fsp3) is 0.571. The van der Waals surface area contributed by atoms with E-state index in [0.29, 0.717) is 0 Å². The van der Waals surface area contributed by atoms with Crippen molar-refractivity contribution in [2.45, 2.75) is 19.3 Å². The van der Waals surface area contributed by atoms with Crippen molar-refractivity contribution in [2.75, 3.05) is 7.11 Å². The third-order valence-electron chi connectivity index (χ3n) is 1.49. The Hall–Kier alpha value is -0.500. The fourth-order valence-corrected chi connectivity index (χ4v) is 0.987. The van der Waals surface area contributed by atoms with Crippen molar-refractivity contribution in [3.8, 4) is 0 Å². The Labute approximate surface area is 66.7 Å². The molecule has 0 fully saturated rings. The summed E-state index contributed by atoms with van der Waals surface area (Å²) in [7, 11) is 1.42. The van der Waals surface area contributed by atoms with Crippen LogP contribution in [0.25, 0.3) is 0 Å². The summed E-state index contributed by atoms with van der Waals surface area (Å²) in [6.07, 6.45) is 4.98. The van der Waals surface area contributed by atoms with E-state index < -0.39 is 0 Å². The molecule has 0 unspecified atom stereocenters. The molecule has 0 aromatic carbocycles. The molecular weight excluding hydrogens is 152 g/mol. The van der Waals surface area contributed by atoms with Crippen molar-refractivity contribution in [2.24, 2.45) is 0 Å². The molecule has 2 nitrogen and oxygen atoms in total. The number of esters is 1. The molecule has 1 aliphatic carbocycles. The Morgan fingerprint density at radius 3 is 2.80 bits per heavy atom. The summed E-state index contributed by atoms with van der Waals surface area (Å²) in [4.78, 5) is 10.7. The Balaban J connectivity index is 0.000000810. The molecule has 3 heteroatoms. The van der Waals surface area contributed by atoms with E-state index in [1.807, 2.05) is 6.08 Å². The van der Waals surface area contributed by atoms with Gasteiger partial charge < -0.3 is 4.74 Å². The highest BCUT2D eigenvalue weighted by atomic mass is 35.5. The first-order valence-corrected chi connectivity index (χ1v) is 3.12. The zero-order chi connectivity index (χ0) is 6.69. The fourth-order valence-electron chi connectivity index (χ4n) is 0.987. The van der Waals surface area contributed by atoms with Crippen LogP contribution in [-0.2, 0) is 9.53 Å². The molecule has 0 bridgehead atoms. The van der Waals surface area contributed by atoms with Crippen molar-refractivity contribution in [1.29, 1.82) is 0 Å². The van der Waals surface area contributed by atoms with Crippen LogP contribution in [0.1, 0.15) is 19.3 Å². The lowest BCUT2D eigenvalue weighted by Gasteiger charge is -1.95. The summed E-state index contributed by atoms with van der Waals surface area (Å²) in [6.45, 7) is 0. The van der Waals surface area contributed by atoms with Crippen molar-refractivity contribution in [3.05, 3.63) is 11.6 Å². The van der Waals surface area contributed by atoms with Crippen LogP contribution in [0.4, 0.5) is 0 Å². The van der Waals surface area contributed by atoms with Crippen LogP contribution >= 0.6 is 12.4 Å². The molecule has 0 saturated heterocycles. The Bertz CT molecular complexity index is 152. The van der Waals surface area contributed by atoms with E-state index in [1.165, 1.54) is 7.11 Å². The number of carbonyl (C=O) groups is 1.